The molecule has 0 radical (unpaired) electrons. The second-order valence-corrected chi connectivity index (χ2v) is 8.15. The molecule has 0 bridgehead atoms. The highest BCUT2D eigenvalue weighted by Crippen LogP contribution is 2.27. The third-order valence-corrected chi connectivity index (χ3v) is 6.00. The van der Waals surface area contributed by atoms with Crippen molar-refractivity contribution in [2.24, 2.45) is 0 Å². The molecule has 0 fully saturated rings. The number of nitro benzene ring substituents is 1. The lowest BCUT2D eigenvalue weighted by Gasteiger charge is -2.08. The van der Waals surface area contributed by atoms with Crippen molar-refractivity contribution >= 4 is 40.0 Å². The molecule has 0 aliphatic heterocycles. The monoisotopic (exact) mass is 461 g/mol. The number of fused-ring (bicyclic) bond motifs is 1. The number of Topliss-reactive ketones (excluding diaryl/α,β-unsaturated/α-hetero) is 1. The summed E-state index contributed by atoms with van der Waals surface area (Å²) in [7, 11) is 0. The van der Waals surface area contributed by atoms with Crippen molar-refractivity contribution in [2.75, 3.05) is 5.75 Å². The van der Waals surface area contributed by atoms with E-state index < -0.39 is 4.92 Å². The molecule has 9 nitrogen and oxygen atoms in total. The number of nitrogens with zero attached hydrogens (tertiary/aromatic N) is 5. The lowest BCUT2D eigenvalue weighted by atomic mass is 10.1. The van der Waals surface area contributed by atoms with E-state index in [1.54, 1.807) is 41.1 Å². The maximum absolute atomic E-state index is 12.9. The highest BCUT2D eigenvalue weighted by atomic mass is 32.2. The Morgan fingerprint density at radius 3 is 2.73 bits per heavy atom. The van der Waals surface area contributed by atoms with Crippen molar-refractivity contribution in [1.82, 2.24) is 19.3 Å². The molecular formula is C23H19N5O4S. The van der Waals surface area contributed by atoms with E-state index in [0.29, 0.717) is 34.2 Å². The Bertz CT molecular complexity index is 1410. The average molecular weight is 462 g/mol. The molecule has 0 aliphatic rings. The van der Waals surface area contributed by atoms with Crippen molar-refractivity contribution in [3.63, 3.8) is 0 Å². The van der Waals surface area contributed by atoms with Crippen LogP contribution in [0.4, 0.5) is 5.69 Å². The maximum Gasteiger partial charge on any atom is 0.270 e. The molecule has 10 heteroatoms. The molecular weight excluding hydrogens is 442 g/mol. The first kappa shape index (κ1) is 22.2. The molecule has 0 atom stereocenters. The van der Waals surface area contributed by atoms with Crippen LogP contribution in [-0.4, -0.2) is 41.7 Å². The number of nitro groups is 1. The number of benzene rings is 2. The first-order valence-electron chi connectivity index (χ1n) is 9.96. The molecule has 0 spiro atoms. The van der Waals surface area contributed by atoms with Gasteiger partial charge in [-0.1, -0.05) is 42.1 Å². The number of thioether (sulfide) groups is 1. The minimum atomic E-state index is -0.467. The van der Waals surface area contributed by atoms with E-state index >= 15 is 0 Å². The molecule has 4 rings (SSSR count). The normalized spacial score (nSPS) is 10.9. The predicted octanol–water partition coefficient (Wildman–Crippen LogP) is 4.63. The molecule has 0 saturated carbocycles. The summed E-state index contributed by atoms with van der Waals surface area (Å²) < 4.78 is 3.26. The molecule has 0 unspecified atom stereocenters. The van der Waals surface area contributed by atoms with Crippen LogP contribution in [0.3, 0.4) is 0 Å². The van der Waals surface area contributed by atoms with Gasteiger partial charge in [0, 0.05) is 48.3 Å². The van der Waals surface area contributed by atoms with Gasteiger partial charge in [-0.3, -0.25) is 28.8 Å². The van der Waals surface area contributed by atoms with Crippen LogP contribution in [0.25, 0.3) is 22.3 Å². The van der Waals surface area contributed by atoms with E-state index in [2.05, 4.69) is 16.8 Å². The second-order valence-electron chi connectivity index (χ2n) is 7.20. The Hall–Kier alpha value is -4.05. The van der Waals surface area contributed by atoms with E-state index in [9.17, 15) is 19.7 Å². The minimum absolute atomic E-state index is 0.0456. The molecule has 0 N–H and O–H groups in total. The van der Waals surface area contributed by atoms with Gasteiger partial charge in [-0.05, 0) is 12.1 Å². The van der Waals surface area contributed by atoms with Crippen LogP contribution in [0.2, 0.25) is 0 Å². The van der Waals surface area contributed by atoms with Crippen molar-refractivity contribution in [1.29, 1.82) is 0 Å². The third-order valence-electron chi connectivity index (χ3n) is 5.03. The minimum Gasteiger partial charge on any atom is -0.298 e. The highest BCUT2D eigenvalue weighted by molar-refractivity contribution is 7.99. The largest absolute Gasteiger partial charge is 0.298 e. The summed E-state index contributed by atoms with van der Waals surface area (Å²) in [5, 5.41) is 20.9. The van der Waals surface area contributed by atoms with Crippen LogP contribution in [0.15, 0.2) is 72.5 Å². The fourth-order valence-corrected chi connectivity index (χ4v) is 4.29. The van der Waals surface area contributed by atoms with Crippen LogP contribution in [0.5, 0.6) is 0 Å². The van der Waals surface area contributed by atoms with Gasteiger partial charge in [0.1, 0.15) is 0 Å². The van der Waals surface area contributed by atoms with E-state index in [4.69, 9.17) is 0 Å². The molecule has 2 aromatic carbocycles. The number of hydrogen-bond acceptors (Lipinski definition) is 7. The first-order valence-corrected chi connectivity index (χ1v) is 10.9. The molecule has 2 aromatic heterocycles. The Labute approximate surface area is 192 Å². The van der Waals surface area contributed by atoms with Crippen molar-refractivity contribution in [3.8, 4) is 11.4 Å². The predicted molar refractivity (Wildman–Crippen MR) is 126 cm³/mol. The lowest BCUT2D eigenvalue weighted by molar-refractivity contribution is -0.384. The van der Waals surface area contributed by atoms with Gasteiger partial charge in [-0.2, -0.15) is 0 Å². The van der Waals surface area contributed by atoms with Gasteiger partial charge in [-0.25, -0.2) is 0 Å². The van der Waals surface area contributed by atoms with Gasteiger partial charge in [0.05, 0.1) is 16.2 Å². The Morgan fingerprint density at radius 2 is 2.00 bits per heavy atom. The first-order chi connectivity index (χ1) is 15.9. The van der Waals surface area contributed by atoms with E-state index in [1.165, 1.54) is 35.4 Å². The second kappa shape index (κ2) is 9.21. The zero-order valence-corrected chi connectivity index (χ0v) is 18.5. The van der Waals surface area contributed by atoms with Crippen molar-refractivity contribution < 1.29 is 14.5 Å². The van der Waals surface area contributed by atoms with Gasteiger partial charge < -0.3 is 0 Å². The number of carbonyl (C=O) groups is 2. The van der Waals surface area contributed by atoms with E-state index in [0.717, 1.165) is 5.39 Å². The number of aromatic nitrogens is 4. The number of carbonyl (C=O) groups excluding carboxylic acids is 2. The molecule has 0 aliphatic carbocycles. The van der Waals surface area contributed by atoms with Gasteiger partial charge in [0.25, 0.3) is 5.69 Å². The Balaban J connectivity index is 1.58. The Morgan fingerprint density at radius 1 is 1.18 bits per heavy atom. The SMILES string of the molecule is C=CCn1c(SCC(=O)c2ccc3ccn(C(C)=O)c3c2)nnc1-c1cccc([N+](=O)[O-])c1. The summed E-state index contributed by atoms with van der Waals surface area (Å²) in [6.07, 6.45) is 3.35. The van der Waals surface area contributed by atoms with Gasteiger partial charge in [-0.15, -0.1) is 16.8 Å². The van der Waals surface area contributed by atoms with Gasteiger partial charge in [0.2, 0.25) is 5.91 Å². The fraction of sp³-hybridized carbons (Fsp3) is 0.130. The van der Waals surface area contributed by atoms with Crippen LogP contribution in [-0.2, 0) is 6.54 Å². The number of hydrogen-bond donors (Lipinski definition) is 0. The quantitative estimate of drug-likeness (QED) is 0.124. The Kier molecular flexibility index (Phi) is 6.18. The molecule has 166 valence electrons. The van der Waals surface area contributed by atoms with E-state index in [1.807, 2.05) is 12.1 Å². The zero-order valence-electron chi connectivity index (χ0n) is 17.7. The van der Waals surface area contributed by atoms with E-state index in [-0.39, 0.29) is 23.1 Å². The topological polar surface area (TPSA) is 113 Å². The van der Waals surface area contributed by atoms with Crippen LogP contribution in [0, 0.1) is 10.1 Å². The third kappa shape index (κ3) is 4.46. The van der Waals surface area contributed by atoms with Crippen LogP contribution in [0.1, 0.15) is 22.1 Å². The molecule has 0 saturated heterocycles. The standard InChI is InChI=1S/C23H19N5O4S/c1-3-10-27-22(18-5-4-6-19(12-18)28(31)32)24-25-23(27)33-14-21(30)17-8-7-16-9-11-26(15(2)29)20(16)13-17/h3-9,11-13H,1,10,14H2,2H3. The van der Waals surface area contributed by atoms with Gasteiger partial charge in [0.15, 0.2) is 16.8 Å². The smallest absolute Gasteiger partial charge is 0.270 e. The molecule has 4 aromatic rings. The number of rotatable bonds is 8. The van der Waals surface area contributed by atoms with Crippen molar-refractivity contribution in [3.05, 3.63) is 83.1 Å². The highest BCUT2D eigenvalue weighted by Gasteiger charge is 2.18. The molecule has 0 amide bonds. The molecule has 2 heterocycles. The summed E-state index contributed by atoms with van der Waals surface area (Å²) in [5.41, 5.74) is 1.67. The lowest BCUT2D eigenvalue weighted by Crippen LogP contribution is -2.07. The average Bonchev–Trinajstić information content (AvgIpc) is 3.41. The summed E-state index contributed by atoms with van der Waals surface area (Å²) in [6.45, 7) is 5.60. The van der Waals surface area contributed by atoms with Crippen LogP contribution < -0.4 is 0 Å². The summed E-state index contributed by atoms with van der Waals surface area (Å²) in [5.74, 6) is 0.309. The van der Waals surface area contributed by atoms with Crippen LogP contribution >= 0.6 is 11.8 Å². The fourth-order valence-electron chi connectivity index (χ4n) is 3.45. The summed E-state index contributed by atoms with van der Waals surface area (Å²) in [6, 6.07) is 13.2. The number of ketones is 1. The number of allylic oxidation sites excluding steroid dienone is 1. The number of non-ortho nitro benzene ring substituents is 1. The maximum atomic E-state index is 12.9. The summed E-state index contributed by atoms with van der Waals surface area (Å²) >= 11 is 1.22. The molecule has 33 heavy (non-hydrogen) atoms. The van der Waals surface area contributed by atoms with Crippen molar-refractivity contribution in [2.45, 2.75) is 18.6 Å². The zero-order chi connectivity index (χ0) is 23.5. The summed E-state index contributed by atoms with van der Waals surface area (Å²) in [4.78, 5) is 35.3. The van der Waals surface area contributed by atoms with Gasteiger partial charge >= 0.3 is 0 Å².